The Balaban J connectivity index is 4.59. The van der Waals surface area contributed by atoms with Crippen LogP contribution in [-0.2, 0) is 14.3 Å². The third-order valence-corrected chi connectivity index (χ3v) is 2.17. The standard InChI is InChI=1S/C12H23NO3/c1-7-16-10(14)9(8(2)3)13-11(15)12(4,5)6/h8-9H,7H2,1-6H3,(H,13,15). The Kier molecular flexibility index (Phi) is 5.48. The Labute approximate surface area is 97.7 Å². The second-order valence-corrected chi connectivity index (χ2v) is 5.20. The maximum absolute atomic E-state index is 11.8. The summed E-state index contributed by atoms with van der Waals surface area (Å²) in [6, 6.07) is -0.563. The minimum absolute atomic E-state index is 0.0188. The third-order valence-electron chi connectivity index (χ3n) is 2.17. The summed E-state index contributed by atoms with van der Waals surface area (Å²) in [6.07, 6.45) is 0. The average Bonchev–Trinajstić information content (AvgIpc) is 2.11. The van der Waals surface area contributed by atoms with Gasteiger partial charge < -0.3 is 10.1 Å². The van der Waals surface area contributed by atoms with Gasteiger partial charge in [0.05, 0.1) is 6.61 Å². The van der Waals surface area contributed by atoms with E-state index in [1.807, 2.05) is 34.6 Å². The monoisotopic (exact) mass is 229 g/mol. The first kappa shape index (κ1) is 14.9. The summed E-state index contributed by atoms with van der Waals surface area (Å²) in [5, 5.41) is 2.73. The van der Waals surface area contributed by atoms with Gasteiger partial charge in [-0.1, -0.05) is 34.6 Å². The van der Waals surface area contributed by atoms with Crippen molar-refractivity contribution in [3.8, 4) is 0 Å². The van der Waals surface area contributed by atoms with Gasteiger partial charge in [0, 0.05) is 5.41 Å². The zero-order valence-corrected chi connectivity index (χ0v) is 11.1. The van der Waals surface area contributed by atoms with Crippen LogP contribution in [0.5, 0.6) is 0 Å². The molecule has 0 saturated carbocycles. The quantitative estimate of drug-likeness (QED) is 0.747. The van der Waals surface area contributed by atoms with Gasteiger partial charge in [-0.2, -0.15) is 0 Å². The molecule has 16 heavy (non-hydrogen) atoms. The van der Waals surface area contributed by atoms with Crippen LogP contribution < -0.4 is 5.32 Å². The summed E-state index contributed by atoms with van der Waals surface area (Å²) >= 11 is 0. The first-order valence-corrected chi connectivity index (χ1v) is 5.67. The third kappa shape index (κ3) is 4.64. The molecule has 1 N–H and O–H groups in total. The number of ether oxygens (including phenoxy) is 1. The first-order chi connectivity index (χ1) is 7.20. The topological polar surface area (TPSA) is 55.4 Å². The van der Waals surface area contributed by atoms with Crippen molar-refractivity contribution in [2.75, 3.05) is 6.61 Å². The molecule has 0 saturated heterocycles. The van der Waals surface area contributed by atoms with Crippen LogP contribution >= 0.6 is 0 Å². The molecule has 0 fully saturated rings. The normalized spacial score (nSPS) is 13.4. The van der Waals surface area contributed by atoms with Crippen LogP contribution in [-0.4, -0.2) is 24.5 Å². The van der Waals surface area contributed by atoms with Crippen molar-refractivity contribution >= 4 is 11.9 Å². The van der Waals surface area contributed by atoms with E-state index >= 15 is 0 Å². The SMILES string of the molecule is CCOC(=O)C(NC(=O)C(C)(C)C)C(C)C. The van der Waals surface area contributed by atoms with Crippen molar-refractivity contribution in [3.63, 3.8) is 0 Å². The lowest BCUT2D eigenvalue weighted by molar-refractivity contribution is -0.149. The zero-order valence-electron chi connectivity index (χ0n) is 11.1. The molecule has 1 atom stereocenters. The molecule has 0 aliphatic rings. The van der Waals surface area contributed by atoms with Crippen LogP contribution in [0.25, 0.3) is 0 Å². The van der Waals surface area contributed by atoms with Crippen LogP contribution in [0.15, 0.2) is 0 Å². The number of hydrogen-bond donors (Lipinski definition) is 1. The van der Waals surface area contributed by atoms with Gasteiger partial charge in [0.1, 0.15) is 6.04 Å². The van der Waals surface area contributed by atoms with Gasteiger partial charge >= 0.3 is 5.97 Å². The molecule has 0 aliphatic carbocycles. The highest BCUT2D eigenvalue weighted by Gasteiger charge is 2.30. The van der Waals surface area contributed by atoms with E-state index in [4.69, 9.17) is 4.74 Å². The Morgan fingerprint density at radius 3 is 2.06 bits per heavy atom. The Bertz CT molecular complexity index is 253. The summed E-state index contributed by atoms with van der Waals surface area (Å²) in [7, 11) is 0. The van der Waals surface area contributed by atoms with Gasteiger partial charge in [0.25, 0.3) is 0 Å². The minimum Gasteiger partial charge on any atom is -0.464 e. The molecular formula is C12H23NO3. The Hall–Kier alpha value is -1.06. The molecule has 1 amide bonds. The molecule has 0 aromatic heterocycles. The van der Waals surface area contributed by atoms with Gasteiger partial charge in [0.2, 0.25) is 5.91 Å². The number of rotatable bonds is 4. The molecule has 4 nitrogen and oxygen atoms in total. The summed E-state index contributed by atoms with van der Waals surface area (Å²) in [5.74, 6) is -0.486. The largest absolute Gasteiger partial charge is 0.464 e. The zero-order chi connectivity index (χ0) is 12.9. The Morgan fingerprint density at radius 2 is 1.75 bits per heavy atom. The van der Waals surface area contributed by atoms with Crippen molar-refractivity contribution in [3.05, 3.63) is 0 Å². The lowest BCUT2D eigenvalue weighted by Crippen LogP contribution is -2.49. The highest BCUT2D eigenvalue weighted by Crippen LogP contribution is 2.14. The van der Waals surface area contributed by atoms with Gasteiger partial charge in [-0.25, -0.2) is 4.79 Å². The molecule has 0 aromatic rings. The maximum atomic E-state index is 11.8. The summed E-state index contributed by atoms with van der Waals surface area (Å²) in [4.78, 5) is 23.4. The number of carbonyl (C=O) groups excluding carboxylic acids is 2. The van der Waals surface area contributed by atoms with E-state index in [-0.39, 0.29) is 17.8 Å². The second kappa shape index (κ2) is 5.87. The highest BCUT2D eigenvalue weighted by molar-refractivity contribution is 5.87. The molecular weight excluding hydrogens is 206 g/mol. The van der Waals surface area contributed by atoms with Crippen molar-refractivity contribution in [1.82, 2.24) is 5.32 Å². The van der Waals surface area contributed by atoms with Crippen molar-refractivity contribution in [2.45, 2.75) is 47.6 Å². The van der Waals surface area contributed by atoms with Gasteiger partial charge in [-0.15, -0.1) is 0 Å². The number of esters is 1. The number of carbonyl (C=O) groups is 2. The van der Waals surface area contributed by atoms with Crippen LogP contribution in [0, 0.1) is 11.3 Å². The summed E-state index contributed by atoms with van der Waals surface area (Å²) in [6.45, 7) is 11.3. The van der Waals surface area contributed by atoms with Gasteiger partial charge in [0.15, 0.2) is 0 Å². The van der Waals surface area contributed by atoms with E-state index < -0.39 is 11.5 Å². The highest BCUT2D eigenvalue weighted by atomic mass is 16.5. The molecule has 0 radical (unpaired) electrons. The lowest BCUT2D eigenvalue weighted by Gasteiger charge is -2.25. The fourth-order valence-corrected chi connectivity index (χ4v) is 1.09. The minimum atomic E-state index is -0.563. The van der Waals surface area contributed by atoms with Crippen molar-refractivity contribution < 1.29 is 14.3 Å². The fourth-order valence-electron chi connectivity index (χ4n) is 1.09. The predicted octanol–water partition coefficient (Wildman–Crippen LogP) is 1.74. The van der Waals surface area contributed by atoms with Crippen LogP contribution in [0.3, 0.4) is 0 Å². The van der Waals surface area contributed by atoms with Gasteiger partial charge in [-0.3, -0.25) is 4.79 Å². The molecule has 1 unspecified atom stereocenters. The van der Waals surface area contributed by atoms with E-state index in [9.17, 15) is 9.59 Å². The molecule has 0 aliphatic heterocycles. The molecule has 0 spiro atoms. The predicted molar refractivity (Wildman–Crippen MR) is 62.9 cm³/mol. The van der Waals surface area contributed by atoms with Crippen molar-refractivity contribution in [1.29, 1.82) is 0 Å². The number of amides is 1. The summed E-state index contributed by atoms with van der Waals surface area (Å²) in [5.41, 5.74) is -0.500. The molecule has 94 valence electrons. The molecule has 0 rings (SSSR count). The lowest BCUT2D eigenvalue weighted by atomic mass is 9.94. The van der Waals surface area contributed by atoms with Crippen molar-refractivity contribution in [2.24, 2.45) is 11.3 Å². The molecule has 0 aromatic carbocycles. The van der Waals surface area contributed by atoms with Gasteiger partial charge in [-0.05, 0) is 12.8 Å². The van der Waals surface area contributed by atoms with Crippen LogP contribution in [0.1, 0.15) is 41.5 Å². The van der Waals surface area contributed by atoms with E-state index in [1.165, 1.54) is 0 Å². The molecule has 0 heterocycles. The number of nitrogens with one attached hydrogen (secondary N) is 1. The first-order valence-electron chi connectivity index (χ1n) is 5.67. The smallest absolute Gasteiger partial charge is 0.328 e. The fraction of sp³-hybridized carbons (Fsp3) is 0.833. The molecule has 0 bridgehead atoms. The van der Waals surface area contributed by atoms with E-state index in [0.717, 1.165) is 0 Å². The van der Waals surface area contributed by atoms with Crippen LogP contribution in [0.2, 0.25) is 0 Å². The second-order valence-electron chi connectivity index (χ2n) is 5.20. The maximum Gasteiger partial charge on any atom is 0.328 e. The Morgan fingerprint density at radius 1 is 1.25 bits per heavy atom. The summed E-state index contributed by atoms with van der Waals surface area (Å²) < 4.78 is 4.93. The van der Waals surface area contributed by atoms with E-state index in [1.54, 1.807) is 6.92 Å². The molecule has 4 heteroatoms. The average molecular weight is 229 g/mol. The number of hydrogen-bond acceptors (Lipinski definition) is 3. The van der Waals surface area contributed by atoms with Crippen LogP contribution in [0.4, 0.5) is 0 Å². The van der Waals surface area contributed by atoms with E-state index in [0.29, 0.717) is 6.61 Å². The van der Waals surface area contributed by atoms with E-state index in [2.05, 4.69) is 5.32 Å².